The van der Waals surface area contributed by atoms with Gasteiger partial charge in [-0.25, -0.2) is 0 Å². The summed E-state index contributed by atoms with van der Waals surface area (Å²) in [6, 6.07) is 1.73. The van der Waals surface area contributed by atoms with Crippen LogP contribution in [0.4, 0.5) is 35.1 Å². The lowest BCUT2D eigenvalue weighted by Gasteiger charge is -2.21. The summed E-state index contributed by atoms with van der Waals surface area (Å²) in [6.07, 6.45) is -11.0. The molecule has 0 N–H and O–H groups in total. The van der Waals surface area contributed by atoms with E-state index in [9.17, 15) is 35.1 Å². The first-order chi connectivity index (χ1) is 7.85. The van der Waals surface area contributed by atoms with Gasteiger partial charge in [-0.2, -0.15) is 35.1 Å². The van der Waals surface area contributed by atoms with Gasteiger partial charge in [0, 0.05) is 15.2 Å². The second-order valence-corrected chi connectivity index (χ2v) is 4.36. The lowest BCUT2D eigenvalue weighted by Crippen LogP contribution is -2.34. The molecule has 0 aliphatic carbocycles. The molecule has 18 heavy (non-hydrogen) atoms. The Morgan fingerprint density at radius 3 is 1.78 bits per heavy atom. The summed E-state index contributed by atoms with van der Waals surface area (Å²) in [5, 5.41) is 0. The standard InChI is InChI=1S/C9H2F8I/c10-7(11,9(15,16)17)4-1-5(8(12,13)14)3-6(18)2-4/h1-2H. The van der Waals surface area contributed by atoms with Crippen molar-refractivity contribution in [1.29, 1.82) is 0 Å². The van der Waals surface area contributed by atoms with Crippen LogP contribution in [0.15, 0.2) is 12.1 Å². The van der Waals surface area contributed by atoms with E-state index in [0.29, 0.717) is 6.07 Å². The van der Waals surface area contributed by atoms with Gasteiger partial charge >= 0.3 is 18.3 Å². The average Bonchev–Trinajstić information content (AvgIpc) is 2.13. The van der Waals surface area contributed by atoms with E-state index in [1.807, 2.05) is 0 Å². The van der Waals surface area contributed by atoms with E-state index < -0.39 is 33.0 Å². The minimum Gasteiger partial charge on any atom is -0.191 e. The predicted molar refractivity (Wildman–Crippen MR) is 52.9 cm³/mol. The van der Waals surface area contributed by atoms with Crippen molar-refractivity contribution >= 4 is 22.6 Å². The topological polar surface area (TPSA) is 0 Å². The third kappa shape index (κ3) is 3.04. The number of alkyl halides is 8. The summed E-state index contributed by atoms with van der Waals surface area (Å²) < 4.78 is 98.2. The summed E-state index contributed by atoms with van der Waals surface area (Å²) in [6.45, 7) is 0. The van der Waals surface area contributed by atoms with Crippen LogP contribution in [0.1, 0.15) is 11.1 Å². The normalized spacial score (nSPS) is 13.8. The Labute approximate surface area is 109 Å². The van der Waals surface area contributed by atoms with E-state index >= 15 is 0 Å². The third-order valence-corrected chi connectivity index (χ3v) is 2.44. The zero-order valence-electron chi connectivity index (χ0n) is 8.06. The summed E-state index contributed by atoms with van der Waals surface area (Å²) in [4.78, 5) is 0. The smallest absolute Gasteiger partial charge is 0.191 e. The van der Waals surface area contributed by atoms with Gasteiger partial charge in [-0.3, -0.25) is 0 Å². The van der Waals surface area contributed by atoms with Crippen LogP contribution in [0, 0.1) is 9.64 Å². The molecule has 0 amide bonds. The second-order valence-electron chi connectivity index (χ2n) is 3.20. The van der Waals surface area contributed by atoms with E-state index in [0.717, 1.165) is 0 Å². The molecule has 0 aliphatic heterocycles. The van der Waals surface area contributed by atoms with Crippen molar-refractivity contribution in [1.82, 2.24) is 0 Å². The van der Waals surface area contributed by atoms with Crippen LogP contribution in [0.3, 0.4) is 0 Å². The maximum atomic E-state index is 12.9. The molecule has 0 unspecified atom stereocenters. The molecule has 0 nitrogen and oxygen atoms in total. The molecule has 1 rings (SSSR count). The Hall–Kier alpha value is -0.610. The predicted octanol–water partition coefficient (Wildman–Crippen LogP) is 4.76. The van der Waals surface area contributed by atoms with Gasteiger partial charge in [-0.15, -0.1) is 0 Å². The molecule has 0 spiro atoms. The van der Waals surface area contributed by atoms with E-state index in [-0.39, 0.29) is 6.07 Å². The van der Waals surface area contributed by atoms with Crippen molar-refractivity contribution < 1.29 is 35.1 Å². The van der Waals surface area contributed by atoms with Crippen LogP contribution in [-0.2, 0) is 12.1 Å². The molecule has 0 saturated heterocycles. The number of hydrogen-bond donors (Lipinski definition) is 0. The van der Waals surface area contributed by atoms with Gasteiger partial charge in [0.15, 0.2) is 0 Å². The molecule has 0 aliphatic rings. The minimum atomic E-state index is -5.96. The molecule has 0 atom stereocenters. The van der Waals surface area contributed by atoms with E-state index in [1.54, 1.807) is 6.07 Å². The van der Waals surface area contributed by atoms with Crippen molar-refractivity contribution in [2.24, 2.45) is 0 Å². The molecular formula is C9H2F8I. The highest BCUT2D eigenvalue weighted by atomic mass is 127. The van der Waals surface area contributed by atoms with Crippen molar-refractivity contribution in [3.63, 3.8) is 0 Å². The van der Waals surface area contributed by atoms with Crippen molar-refractivity contribution in [3.8, 4) is 0 Å². The SMILES string of the molecule is FC(F)(F)c1[c]c(I)cc(C(F)(F)C(F)(F)F)c1. The van der Waals surface area contributed by atoms with Crippen molar-refractivity contribution in [2.75, 3.05) is 0 Å². The number of halogens is 9. The zero-order valence-corrected chi connectivity index (χ0v) is 10.2. The molecule has 1 aromatic rings. The van der Waals surface area contributed by atoms with Gasteiger partial charge in [0.25, 0.3) is 0 Å². The highest BCUT2D eigenvalue weighted by molar-refractivity contribution is 14.1. The van der Waals surface area contributed by atoms with Gasteiger partial charge in [-0.05, 0) is 34.7 Å². The molecular weight excluding hydrogens is 387 g/mol. The molecule has 0 fully saturated rings. The molecule has 1 aromatic carbocycles. The first kappa shape index (κ1) is 15.4. The minimum absolute atomic E-state index is 0.254. The van der Waals surface area contributed by atoms with Gasteiger partial charge in [0.05, 0.1) is 5.56 Å². The van der Waals surface area contributed by atoms with Crippen LogP contribution in [0.5, 0.6) is 0 Å². The lowest BCUT2D eigenvalue weighted by molar-refractivity contribution is -0.289. The number of rotatable bonds is 1. The van der Waals surface area contributed by atoms with Gasteiger partial charge in [-0.1, -0.05) is 0 Å². The fraction of sp³-hybridized carbons (Fsp3) is 0.333. The van der Waals surface area contributed by atoms with Crippen LogP contribution in [0.2, 0.25) is 0 Å². The van der Waals surface area contributed by atoms with E-state index in [4.69, 9.17) is 0 Å². The maximum Gasteiger partial charge on any atom is 0.458 e. The molecule has 0 aromatic heterocycles. The second kappa shape index (κ2) is 4.49. The highest BCUT2D eigenvalue weighted by Crippen LogP contribution is 2.45. The summed E-state index contributed by atoms with van der Waals surface area (Å²) >= 11 is 1.18. The average molecular weight is 389 g/mol. The fourth-order valence-electron chi connectivity index (χ4n) is 1.03. The van der Waals surface area contributed by atoms with Crippen LogP contribution < -0.4 is 0 Å². The zero-order chi connectivity index (χ0) is 14.4. The maximum absolute atomic E-state index is 12.9. The molecule has 0 bridgehead atoms. The molecule has 0 heterocycles. The highest BCUT2D eigenvalue weighted by Gasteiger charge is 2.59. The van der Waals surface area contributed by atoms with Gasteiger partial charge in [0.1, 0.15) is 0 Å². The van der Waals surface area contributed by atoms with Crippen LogP contribution >= 0.6 is 22.6 Å². The first-order valence-electron chi connectivity index (χ1n) is 4.11. The third-order valence-electron chi connectivity index (χ3n) is 1.86. The van der Waals surface area contributed by atoms with Crippen LogP contribution in [-0.4, -0.2) is 6.18 Å². The Balaban J connectivity index is 3.40. The van der Waals surface area contributed by atoms with E-state index in [2.05, 4.69) is 0 Å². The molecule has 1 radical (unpaired) electrons. The number of benzene rings is 1. The first-order valence-corrected chi connectivity index (χ1v) is 5.18. The summed E-state index contributed by atoms with van der Waals surface area (Å²) in [7, 11) is 0. The van der Waals surface area contributed by atoms with Crippen LogP contribution in [0.25, 0.3) is 0 Å². The molecule has 0 saturated carbocycles. The molecule has 9 heteroatoms. The quantitative estimate of drug-likeness (QED) is 0.480. The summed E-state index contributed by atoms with van der Waals surface area (Å²) in [5.41, 5.74) is -3.43. The van der Waals surface area contributed by atoms with E-state index in [1.165, 1.54) is 22.6 Å². The largest absolute Gasteiger partial charge is 0.458 e. The van der Waals surface area contributed by atoms with Crippen molar-refractivity contribution in [2.45, 2.75) is 18.3 Å². The Morgan fingerprint density at radius 1 is 0.889 bits per heavy atom. The Bertz CT molecular complexity index is 445. The number of hydrogen-bond acceptors (Lipinski definition) is 0. The van der Waals surface area contributed by atoms with Gasteiger partial charge < -0.3 is 0 Å². The fourth-order valence-corrected chi connectivity index (χ4v) is 1.66. The lowest BCUT2D eigenvalue weighted by atomic mass is 10.0. The summed E-state index contributed by atoms with van der Waals surface area (Å²) in [5.74, 6) is -5.35. The Kier molecular flexibility index (Phi) is 3.86. The Morgan fingerprint density at radius 2 is 1.39 bits per heavy atom. The van der Waals surface area contributed by atoms with Crippen molar-refractivity contribution in [3.05, 3.63) is 32.9 Å². The van der Waals surface area contributed by atoms with Gasteiger partial charge in [0.2, 0.25) is 0 Å². The monoisotopic (exact) mass is 389 g/mol. The molecule has 101 valence electrons.